The lowest BCUT2D eigenvalue weighted by Crippen LogP contribution is -2.43. The van der Waals surface area contributed by atoms with Gasteiger partial charge in [-0.3, -0.25) is 9.88 Å². The maximum Gasteiger partial charge on any atom is 0.319 e. The normalized spacial score (nSPS) is 19.5. The van der Waals surface area contributed by atoms with Gasteiger partial charge in [-0.25, -0.2) is 4.39 Å². The molecule has 4 aromatic rings. The molecule has 7 rings (SSSR count). The lowest BCUT2D eigenvalue weighted by atomic mass is 9.95. The van der Waals surface area contributed by atoms with E-state index in [0.717, 1.165) is 62.6 Å². The van der Waals surface area contributed by atoms with Crippen LogP contribution in [-0.4, -0.2) is 64.2 Å². The lowest BCUT2D eigenvalue weighted by molar-refractivity contribution is 0.108. The summed E-state index contributed by atoms with van der Waals surface area (Å²) in [5, 5.41) is 9.75. The van der Waals surface area contributed by atoms with Crippen LogP contribution in [-0.2, 0) is 0 Å². The maximum atomic E-state index is 16.4. The highest BCUT2D eigenvalue weighted by Crippen LogP contribution is 2.40. The number of nitrogens with one attached hydrogen (secondary N) is 2. The summed E-state index contributed by atoms with van der Waals surface area (Å²) >= 11 is 6.57. The van der Waals surface area contributed by atoms with Crippen molar-refractivity contribution in [2.24, 2.45) is 0 Å². The third-order valence-electron chi connectivity index (χ3n) is 8.73. The number of piperidine rings is 1. The van der Waals surface area contributed by atoms with Crippen molar-refractivity contribution in [3.8, 4) is 17.3 Å². The van der Waals surface area contributed by atoms with Crippen LogP contribution in [0, 0.1) is 5.82 Å². The van der Waals surface area contributed by atoms with Gasteiger partial charge >= 0.3 is 6.01 Å². The first-order valence-electron chi connectivity index (χ1n) is 14.0. The summed E-state index contributed by atoms with van der Waals surface area (Å²) in [6.45, 7) is 4.61. The number of pyridine rings is 1. The van der Waals surface area contributed by atoms with Crippen molar-refractivity contribution in [2.75, 3.05) is 38.1 Å². The van der Waals surface area contributed by atoms with Gasteiger partial charge in [0.05, 0.1) is 10.9 Å². The topological polar surface area (TPSA) is 75.2 Å². The van der Waals surface area contributed by atoms with E-state index in [0.29, 0.717) is 28.4 Å². The van der Waals surface area contributed by atoms with Crippen molar-refractivity contribution in [3.63, 3.8) is 0 Å². The second-order valence-electron chi connectivity index (χ2n) is 11.1. The Bertz CT molecular complexity index is 1530. The van der Waals surface area contributed by atoms with Crippen molar-refractivity contribution >= 4 is 39.1 Å². The van der Waals surface area contributed by atoms with Gasteiger partial charge in [-0.2, -0.15) is 9.97 Å². The van der Waals surface area contributed by atoms with E-state index in [-0.39, 0.29) is 28.8 Å². The van der Waals surface area contributed by atoms with Crippen LogP contribution in [0.5, 0.6) is 6.01 Å². The monoisotopic (exact) mass is 546 g/mol. The number of anilines is 1. The van der Waals surface area contributed by atoms with Crippen LogP contribution in [0.15, 0.2) is 42.6 Å². The maximum absolute atomic E-state index is 16.4. The standard InChI is InChI=1S/C30H32ClFN6O/c31-23-8-2-6-19-5-1-7-21(24(19)23)26-25(32)27-22(17-34-26)28(35-20-9-13-33-14-10-20)37-29(36-27)39-18-30-11-3-15-38(30)16-4-12-30/h1-2,5-8,17,20,33H,3-4,9-16,18H2,(H,35,36,37). The third kappa shape index (κ3) is 4.48. The molecule has 0 bridgehead atoms. The Kier molecular flexibility index (Phi) is 6.49. The zero-order valence-corrected chi connectivity index (χ0v) is 22.6. The van der Waals surface area contributed by atoms with E-state index in [2.05, 4.69) is 25.5 Å². The number of aromatic nitrogens is 3. The molecule has 2 aromatic heterocycles. The highest BCUT2D eigenvalue weighted by Gasteiger charge is 2.45. The fourth-order valence-corrected chi connectivity index (χ4v) is 6.99. The zero-order chi connectivity index (χ0) is 26.4. The van der Waals surface area contributed by atoms with Crippen molar-refractivity contribution in [3.05, 3.63) is 53.4 Å². The molecule has 202 valence electrons. The number of nitrogens with zero attached hydrogens (tertiary/aromatic N) is 4. The highest BCUT2D eigenvalue weighted by atomic mass is 35.5. The number of benzene rings is 2. The Morgan fingerprint density at radius 2 is 1.85 bits per heavy atom. The summed E-state index contributed by atoms with van der Waals surface area (Å²) in [6.07, 6.45) is 8.19. The SMILES string of the molecule is Fc1c(-c2cccc3cccc(Cl)c23)ncc2c(NC3CCNCC3)nc(OCC34CCCN3CCC4)nc12. The Morgan fingerprint density at radius 1 is 1.08 bits per heavy atom. The molecule has 5 heterocycles. The van der Waals surface area contributed by atoms with Gasteiger partial charge in [0.2, 0.25) is 0 Å². The second-order valence-corrected chi connectivity index (χ2v) is 11.5. The van der Waals surface area contributed by atoms with Gasteiger partial charge in [0.25, 0.3) is 0 Å². The summed E-state index contributed by atoms with van der Waals surface area (Å²) < 4.78 is 22.7. The Hall–Kier alpha value is -3.07. The molecule has 2 N–H and O–H groups in total. The van der Waals surface area contributed by atoms with E-state index >= 15 is 4.39 Å². The average molecular weight is 547 g/mol. The van der Waals surface area contributed by atoms with Gasteiger partial charge in [0.15, 0.2) is 5.82 Å². The molecule has 0 unspecified atom stereocenters. The molecule has 0 saturated carbocycles. The van der Waals surface area contributed by atoms with E-state index < -0.39 is 5.82 Å². The third-order valence-corrected chi connectivity index (χ3v) is 9.05. The molecule has 3 aliphatic rings. The predicted octanol–water partition coefficient (Wildman–Crippen LogP) is 5.81. The highest BCUT2D eigenvalue weighted by molar-refractivity contribution is 6.36. The molecule has 3 saturated heterocycles. The minimum Gasteiger partial charge on any atom is -0.461 e. The fourth-order valence-electron chi connectivity index (χ4n) is 6.71. The summed E-state index contributed by atoms with van der Waals surface area (Å²) in [6, 6.07) is 11.8. The summed E-state index contributed by atoms with van der Waals surface area (Å²) in [5.41, 5.74) is 1.10. The summed E-state index contributed by atoms with van der Waals surface area (Å²) in [4.78, 5) is 16.5. The Morgan fingerprint density at radius 3 is 2.64 bits per heavy atom. The van der Waals surface area contributed by atoms with Crippen LogP contribution in [0.3, 0.4) is 0 Å². The molecule has 39 heavy (non-hydrogen) atoms. The molecule has 3 aliphatic heterocycles. The Labute approximate surface area is 232 Å². The average Bonchev–Trinajstić information content (AvgIpc) is 3.54. The number of fused-ring (bicyclic) bond motifs is 3. The smallest absolute Gasteiger partial charge is 0.319 e. The van der Waals surface area contributed by atoms with E-state index in [1.807, 2.05) is 36.4 Å². The Balaban J connectivity index is 1.32. The van der Waals surface area contributed by atoms with Crippen LogP contribution in [0.25, 0.3) is 32.9 Å². The van der Waals surface area contributed by atoms with Crippen molar-refractivity contribution in [2.45, 2.75) is 50.1 Å². The number of halogens is 2. The molecule has 0 atom stereocenters. The first kappa shape index (κ1) is 24.9. The van der Waals surface area contributed by atoms with Crippen LogP contribution in [0.1, 0.15) is 38.5 Å². The summed E-state index contributed by atoms with van der Waals surface area (Å²) in [7, 11) is 0. The van der Waals surface area contributed by atoms with E-state index in [1.165, 1.54) is 12.8 Å². The molecular weight excluding hydrogens is 515 g/mol. The van der Waals surface area contributed by atoms with Gasteiger partial charge in [0, 0.05) is 28.2 Å². The van der Waals surface area contributed by atoms with E-state index in [1.54, 1.807) is 6.20 Å². The number of hydrogen-bond donors (Lipinski definition) is 2. The van der Waals surface area contributed by atoms with Gasteiger partial charge < -0.3 is 15.4 Å². The molecule has 3 fully saturated rings. The molecule has 0 amide bonds. The van der Waals surface area contributed by atoms with Gasteiger partial charge in [0.1, 0.15) is 23.6 Å². The van der Waals surface area contributed by atoms with E-state index in [9.17, 15) is 0 Å². The second kappa shape index (κ2) is 10.2. The first-order chi connectivity index (χ1) is 19.1. The molecule has 9 heteroatoms. The zero-order valence-electron chi connectivity index (χ0n) is 21.9. The van der Waals surface area contributed by atoms with Crippen LogP contribution in [0.4, 0.5) is 10.2 Å². The van der Waals surface area contributed by atoms with Crippen molar-refractivity contribution in [1.82, 2.24) is 25.2 Å². The summed E-state index contributed by atoms with van der Waals surface area (Å²) in [5.74, 6) is 0.0741. The van der Waals surface area contributed by atoms with Crippen molar-refractivity contribution < 1.29 is 9.13 Å². The quantitative estimate of drug-likeness (QED) is 0.316. The number of ether oxygens (including phenoxy) is 1. The van der Waals surface area contributed by atoms with Crippen molar-refractivity contribution in [1.29, 1.82) is 0 Å². The number of hydrogen-bond acceptors (Lipinski definition) is 7. The molecule has 0 radical (unpaired) electrons. The van der Waals surface area contributed by atoms with Crippen LogP contribution >= 0.6 is 11.6 Å². The van der Waals surface area contributed by atoms with Crippen LogP contribution < -0.4 is 15.4 Å². The van der Waals surface area contributed by atoms with Gasteiger partial charge in [-0.15, -0.1) is 0 Å². The first-order valence-corrected chi connectivity index (χ1v) is 14.4. The minimum atomic E-state index is -0.498. The molecule has 0 aliphatic carbocycles. The van der Waals surface area contributed by atoms with Crippen LogP contribution in [0.2, 0.25) is 5.02 Å². The molecule has 7 nitrogen and oxygen atoms in total. The number of rotatable bonds is 6. The molecular formula is C30H32ClFN6O. The van der Waals surface area contributed by atoms with Gasteiger partial charge in [-0.05, 0) is 76.2 Å². The fraction of sp³-hybridized carbons (Fsp3) is 0.433. The van der Waals surface area contributed by atoms with Gasteiger partial charge in [-0.1, -0.05) is 41.9 Å². The minimum absolute atomic E-state index is 0.0442. The van der Waals surface area contributed by atoms with E-state index in [4.69, 9.17) is 21.3 Å². The lowest BCUT2D eigenvalue weighted by Gasteiger charge is -2.31. The molecule has 0 spiro atoms. The largest absolute Gasteiger partial charge is 0.461 e. The predicted molar refractivity (Wildman–Crippen MR) is 153 cm³/mol. The molecule has 2 aromatic carbocycles.